The van der Waals surface area contributed by atoms with Gasteiger partial charge in [-0.25, -0.2) is 4.79 Å². The molecular weight excluding hydrogens is 296 g/mol. The van der Waals surface area contributed by atoms with Crippen LogP contribution in [0.25, 0.3) is 0 Å². The Morgan fingerprint density at radius 2 is 2.00 bits per heavy atom. The summed E-state index contributed by atoms with van der Waals surface area (Å²) < 4.78 is 4.95. The molecule has 23 heavy (non-hydrogen) atoms. The van der Waals surface area contributed by atoms with E-state index in [1.165, 1.54) is 11.0 Å². The standard InChI is InChI=1S/C17H20N2O4/c1-4-5-10-15(21)23-11-14(20)19-13-9-7-6-8-12(13)18-16(22)17(19,2)3/h5-10H,4,11H2,1-3H3,(H,18,22)/b10-5+. The number of esters is 1. The highest BCUT2D eigenvalue weighted by molar-refractivity contribution is 6.14. The molecule has 6 heteroatoms. The first kappa shape index (κ1) is 16.7. The molecule has 0 fully saturated rings. The number of carbonyl (C=O) groups is 3. The van der Waals surface area contributed by atoms with E-state index in [0.717, 1.165) is 0 Å². The summed E-state index contributed by atoms with van der Waals surface area (Å²) >= 11 is 0. The summed E-state index contributed by atoms with van der Waals surface area (Å²) in [6.45, 7) is 4.77. The van der Waals surface area contributed by atoms with Crippen molar-refractivity contribution in [3.63, 3.8) is 0 Å². The Morgan fingerprint density at radius 1 is 1.30 bits per heavy atom. The van der Waals surface area contributed by atoms with Crippen LogP contribution in [0.2, 0.25) is 0 Å². The van der Waals surface area contributed by atoms with Gasteiger partial charge in [0.1, 0.15) is 5.54 Å². The first-order valence-electron chi connectivity index (χ1n) is 7.44. The molecule has 0 atom stereocenters. The summed E-state index contributed by atoms with van der Waals surface area (Å²) in [5, 5.41) is 2.78. The molecule has 0 aliphatic carbocycles. The van der Waals surface area contributed by atoms with Gasteiger partial charge in [0.2, 0.25) is 5.91 Å². The Labute approximate surface area is 135 Å². The summed E-state index contributed by atoms with van der Waals surface area (Å²) in [4.78, 5) is 37.7. The molecule has 2 amide bonds. The molecule has 2 rings (SSSR count). The molecule has 1 aliphatic heterocycles. The highest BCUT2D eigenvalue weighted by Gasteiger charge is 2.43. The molecule has 0 bridgehead atoms. The fourth-order valence-corrected chi connectivity index (χ4v) is 2.36. The van der Waals surface area contributed by atoms with E-state index in [1.54, 1.807) is 44.2 Å². The molecule has 1 aliphatic rings. The largest absolute Gasteiger partial charge is 0.452 e. The van der Waals surface area contributed by atoms with Crippen LogP contribution >= 0.6 is 0 Å². The number of amides is 2. The van der Waals surface area contributed by atoms with Crippen LogP contribution in [0.15, 0.2) is 36.4 Å². The van der Waals surface area contributed by atoms with E-state index in [4.69, 9.17) is 4.74 Å². The normalized spacial score (nSPS) is 16.0. The van der Waals surface area contributed by atoms with Crippen LogP contribution < -0.4 is 10.2 Å². The van der Waals surface area contributed by atoms with Gasteiger partial charge in [0.25, 0.3) is 5.91 Å². The quantitative estimate of drug-likeness (QED) is 0.683. The van der Waals surface area contributed by atoms with E-state index in [9.17, 15) is 14.4 Å². The number of nitrogens with one attached hydrogen (secondary N) is 1. The molecular formula is C17H20N2O4. The summed E-state index contributed by atoms with van der Waals surface area (Å²) in [6.07, 6.45) is 3.64. The van der Waals surface area contributed by atoms with Crippen molar-refractivity contribution in [2.75, 3.05) is 16.8 Å². The summed E-state index contributed by atoms with van der Waals surface area (Å²) in [7, 11) is 0. The van der Waals surface area contributed by atoms with E-state index in [1.807, 2.05) is 6.92 Å². The highest BCUT2D eigenvalue weighted by atomic mass is 16.5. The number of benzene rings is 1. The van der Waals surface area contributed by atoms with E-state index in [-0.39, 0.29) is 5.91 Å². The minimum atomic E-state index is -1.07. The van der Waals surface area contributed by atoms with Gasteiger partial charge in [-0.2, -0.15) is 0 Å². The van der Waals surface area contributed by atoms with Gasteiger partial charge in [-0.15, -0.1) is 0 Å². The third-order valence-electron chi connectivity index (χ3n) is 3.58. The van der Waals surface area contributed by atoms with Crippen molar-refractivity contribution in [2.45, 2.75) is 32.7 Å². The topological polar surface area (TPSA) is 75.7 Å². The van der Waals surface area contributed by atoms with E-state index >= 15 is 0 Å². The number of anilines is 2. The second kappa shape index (κ2) is 6.64. The molecule has 0 radical (unpaired) electrons. The van der Waals surface area contributed by atoms with Crippen LogP contribution in [0.1, 0.15) is 27.2 Å². The second-order valence-corrected chi connectivity index (χ2v) is 5.68. The number of allylic oxidation sites excluding steroid dienone is 1. The molecule has 0 spiro atoms. The Kier molecular flexibility index (Phi) is 4.83. The molecule has 6 nitrogen and oxygen atoms in total. The Bertz CT molecular complexity index is 664. The first-order valence-corrected chi connectivity index (χ1v) is 7.44. The summed E-state index contributed by atoms with van der Waals surface area (Å²) in [6, 6.07) is 7.02. The Balaban J connectivity index is 2.22. The molecule has 1 aromatic rings. The van der Waals surface area contributed by atoms with Crippen molar-refractivity contribution in [2.24, 2.45) is 0 Å². The van der Waals surface area contributed by atoms with Crippen molar-refractivity contribution >= 4 is 29.2 Å². The van der Waals surface area contributed by atoms with Gasteiger partial charge in [-0.05, 0) is 32.4 Å². The molecule has 0 aromatic heterocycles. The third kappa shape index (κ3) is 3.41. The van der Waals surface area contributed by atoms with Crippen LogP contribution in [0.3, 0.4) is 0 Å². The maximum atomic E-state index is 12.5. The van der Waals surface area contributed by atoms with Gasteiger partial charge in [0.15, 0.2) is 6.61 Å². The number of fused-ring (bicyclic) bond motifs is 1. The van der Waals surface area contributed by atoms with Gasteiger partial charge in [0.05, 0.1) is 11.4 Å². The van der Waals surface area contributed by atoms with Crippen LogP contribution in [0.5, 0.6) is 0 Å². The summed E-state index contributed by atoms with van der Waals surface area (Å²) in [5.41, 5.74) is 0.0709. The molecule has 1 N–H and O–H groups in total. The average Bonchev–Trinajstić information content (AvgIpc) is 2.51. The lowest BCUT2D eigenvalue weighted by Crippen LogP contribution is -2.59. The van der Waals surface area contributed by atoms with Gasteiger partial charge < -0.3 is 10.1 Å². The number of rotatable bonds is 4. The maximum absolute atomic E-state index is 12.5. The van der Waals surface area contributed by atoms with E-state index < -0.39 is 24.0 Å². The number of ether oxygens (including phenoxy) is 1. The highest BCUT2D eigenvalue weighted by Crippen LogP contribution is 2.36. The van der Waals surface area contributed by atoms with Gasteiger partial charge in [-0.1, -0.05) is 25.1 Å². The Morgan fingerprint density at radius 3 is 2.70 bits per heavy atom. The molecule has 0 unspecified atom stereocenters. The molecule has 0 saturated carbocycles. The number of para-hydroxylation sites is 2. The minimum absolute atomic E-state index is 0.290. The molecule has 122 valence electrons. The van der Waals surface area contributed by atoms with E-state index in [2.05, 4.69) is 5.32 Å². The lowest BCUT2D eigenvalue weighted by atomic mass is 9.96. The van der Waals surface area contributed by atoms with Crippen LogP contribution in [-0.4, -0.2) is 29.9 Å². The number of carbonyl (C=O) groups excluding carboxylic acids is 3. The smallest absolute Gasteiger partial charge is 0.330 e. The molecule has 1 heterocycles. The van der Waals surface area contributed by atoms with Crippen LogP contribution in [0, 0.1) is 0 Å². The van der Waals surface area contributed by atoms with E-state index in [0.29, 0.717) is 17.8 Å². The monoisotopic (exact) mass is 316 g/mol. The molecule has 1 aromatic carbocycles. The van der Waals surface area contributed by atoms with Crippen molar-refractivity contribution in [3.8, 4) is 0 Å². The number of nitrogens with zero attached hydrogens (tertiary/aromatic N) is 1. The van der Waals surface area contributed by atoms with Crippen LogP contribution in [0.4, 0.5) is 11.4 Å². The number of hydrogen-bond donors (Lipinski definition) is 1. The third-order valence-corrected chi connectivity index (χ3v) is 3.58. The minimum Gasteiger partial charge on any atom is -0.452 e. The van der Waals surface area contributed by atoms with Gasteiger partial charge in [0, 0.05) is 6.08 Å². The second-order valence-electron chi connectivity index (χ2n) is 5.68. The maximum Gasteiger partial charge on any atom is 0.330 e. The van der Waals surface area contributed by atoms with Crippen molar-refractivity contribution in [1.29, 1.82) is 0 Å². The first-order chi connectivity index (χ1) is 10.9. The zero-order valence-corrected chi connectivity index (χ0v) is 13.5. The Hall–Kier alpha value is -2.63. The van der Waals surface area contributed by atoms with Gasteiger partial charge >= 0.3 is 5.97 Å². The average molecular weight is 316 g/mol. The van der Waals surface area contributed by atoms with Crippen molar-refractivity contribution in [3.05, 3.63) is 36.4 Å². The lowest BCUT2D eigenvalue weighted by Gasteiger charge is -2.41. The predicted octanol–water partition coefficient (Wildman–Crippen LogP) is 2.26. The zero-order chi connectivity index (χ0) is 17.0. The zero-order valence-electron chi connectivity index (χ0n) is 13.5. The number of hydrogen-bond acceptors (Lipinski definition) is 4. The lowest BCUT2D eigenvalue weighted by molar-refractivity contribution is -0.143. The SMILES string of the molecule is CC/C=C/C(=O)OCC(=O)N1c2ccccc2NC(=O)C1(C)C. The predicted molar refractivity (Wildman–Crippen MR) is 87.0 cm³/mol. The fourth-order valence-electron chi connectivity index (χ4n) is 2.36. The van der Waals surface area contributed by atoms with Crippen molar-refractivity contribution in [1.82, 2.24) is 0 Å². The fraction of sp³-hybridized carbons (Fsp3) is 0.353. The van der Waals surface area contributed by atoms with Gasteiger partial charge in [-0.3, -0.25) is 14.5 Å². The van der Waals surface area contributed by atoms with Crippen LogP contribution in [-0.2, 0) is 19.1 Å². The summed E-state index contributed by atoms with van der Waals surface area (Å²) in [5.74, 6) is -1.31. The van der Waals surface area contributed by atoms with Crippen molar-refractivity contribution < 1.29 is 19.1 Å². The molecule has 0 saturated heterocycles.